The number of aliphatic imine (C=N–C) groups is 1. The first-order chi connectivity index (χ1) is 25.8. The molecule has 1 fully saturated rings. The molecule has 0 aliphatic carbocycles. The number of aliphatic hydroxyl groups is 2. The topological polar surface area (TPSA) is 291 Å². The Morgan fingerprint density at radius 2 is 1.65 bits per heavy atom. The van der Waals surface area contributed by atoms with Crippen LogP contribution in [0.2, 0.25) is 0 Å². The molecular weight excluding hydrogens is 702 g/mol. The summed E-state index contributed by atoms with van der Waals surface area (Å²) in [7, 11) is 0. The van der Waals surface area contributed by atoms with Gasteiger partial charge in [0.05, 0.1) is 12.1 Å². The maximum Gasteiger partial charge on any atom is 0.282 e. The first kappa shape index (κ1) is 40.8. The molecular formula is C36H47N9O9. The van der Waals surface area contributed by atoms with Crippen LogP contribution in [-0.2, 0) is 41.6 Å². The van der Waals surface area contributed by atoms with Gasteiger partial charge in [0.25, 0.3) is 11.7 Å². The van der Waals surface area contributed by atoms with Gasteiger partial charge in [0.1, 0.15) is 23.9 Å². The summed E-state index contributed by atoms with van der Waals surface area (Å²) in [5.41, 5.74) is 12.1. The van der Waals surface area contributed by atoms with E-state index in [0.717, 1.165) is 6.08 Å². The Bertz CT molecular complexity index is 1700. The average Bonchev–Trinajstić information content (AvgIpc) is 3.64. The predicted molar refractivity (Wildman–Crippen MR) is 195 cm³/mol. The van der Waals surface area contributed by atoms with Gasteiger partial charge in [-0.1, -0.05) is 48.5 Å². The van der Waals surface area contributed by atoms with Crippen molar-refractivity contribution in [2.75, 3.05) is 19.6 Å². The molecule has 2 aliphatic heterocycles. The highest BCUT2D eigenvalue weighted by Gasteiger charge is 2.46. The van der Waals surface area contributed by atoms with Crippen molar-refractivity contribution in [3.63, 3.8) is 0 Å². The fraction of sp³-hybridized carbons (Fsp3) is 0.417. The molecule has 4 rings (SSSR count). The Morgan fingerprint density at radius 1 is 0.944 bits per heavy atom. The number of nitrogens with two attached hydrogens (primary N) is 2. The predicted octanol–water partition coefficient (Wildman–Crippen LogP) is -2.84. The number of nitrogens with one attached hydrogen (secondary N) is 5. The van der Waals surface area contributed by atoms with E-state index in [1.165, 1.54) is 23.1 Å². The van der Waals surface area contributed by atoms with E-state index >= 15 is 0 Å². The third-order valence-corrected chi connectivity index (χ3v) is 9.07. The molecule has 5 atom stereocenters. The summed E-state index contributed by atoms with van der Waals surface area (Å²) in [5.74, 6) is -7.79. The third-order valence-electron chi connectivity index (χ3n) is 9.07. The molecule has 0 aromatic heterocycles. The first-order valence-electron chi connectivity index (χ1n) is 17.5. The van der Waals surface area contributed by atoms with Crippen LogP contribution in [0, 0.1) is 0 Å². The van der Waals surface area contributed by atoms with Gasteiger partial charge in [0.15, 0.2) is 5.96 Å². The number of guanidine groups is 1. The van der Waals surface area contributed by atoms with Crippen molar-refractivity contribution in [1.82, 2.24) is 31.5 Å². The molecule has 0 unspecified atom stereocenters. The second-order valence-electron chi connectivity index (χ2n) is 13.1. The number of fused-ring (bicyclic) bond motifs is 1. The highest BCUT2D eigenvalue weighted by Crippen LogP contribution is 2.21. The fourth-order valence-electron chi connectivity index (χ4n) is 6.23. The number of aromatic hydroxyl groups is 1. The third kappa shape index (κ3) is 11.5. The van der Waals surface area contributed by atoms with Crippen molar-refractivity contribution >= 4 is 41.9 Å². The molecule has 0 bridgehead atoms. The van der Waals surface area contributed by atoms with Gasteiger partial charge < -0.3 is 58.3 Å². The van der Waals surface area contributed by atoms with E-state index in [1.807, 2.05) is 0 Å². The van der Waals surface area contributed by atoms with Crippen LogP contribution < -0.4 is 38.1 Å². The van der Waals surface area contributed by atoms with Crippen molar-refractivity contribution in [2.45, 2.75) is 74.5 Å². The van der Waals surface area contributed by atoms with Crippen LogP contribution in [0.25, 0.3) is 0 Å². The van der Waals surface area contributed by atoms with Crippen LogP contribution in [0.5, 0.6) is 5.75 Å². The number of phenols is 1. The minimum Gasteiger partial charge on any atom is -0.508 e. The van der Waals surface area contributed by atoms with E-state index in [9.17, 15) is 44.1 Å². The summed E-state index contributed by atoms with van der Waals surface area (Å²) in [6, 6.07) is 8.45. The van der Waals surface area contributed by atoms with E-state index in [4.69, 9.17) is 11.5 Å². The van der Waals surface area contributed by atoms with Crippen molar-refractivity contribution < 1.29 is 44.1 Å². The zero-order chi connectivity index (χ0) is 39.3. The van der Waals surface area contributed by atoms with Gasteiger partial charge in [-0.05, 0) is 55.4 Å². The highest BCUT2D eigenvalue weighted by atomic mass is 16.5. The zero-order valence-corrected chi connectivity index (χ0v) is 29.5. The van der Waals surface area contributed by atoms with Crippen LogP contribution in [0.3, 0.4) is 0 Å². The number of phenolic OH excluding ortho intramolecular Hbond substituents is 1. The standard InChI is InChI=1S/C36H47N9O9/c37-35(38)39-16-4-9-29-36(53,54)34(52)43-26(19-22-6-2-1-3-7-22)31(49)42-24(18-23-10-13-25(47)14-11-23)12-15-30(48)40-20-27(41-21-46)33(51)45-17-5-8-28(45)32(50)44-29/h1-3,6-7,10-15,21,24,26-29,47,53-54H,4-5,8-9,16-20H2,(H,40,48)(H,41,46)(H,42,49)(H,43,52)(H,44,50)(H4,37,38,39)/b15-12+/t24-,26-,27+,28+,29+/m1/s1. The smallest absolute Gasteiger partial charge is 0.282 e. The molecule has 54 heavy (non-hydrogen) atoms. The van der Waals surface area contributed by atoms with E-state index in [2.05, 4.69) is 31.6 Å². The molecule has 0 radical (unpaired) electrons. The van der Waals surface area contributed by atoms with Crippen molar-refractivity contribution in [1.29, 1.82) is 0 Å². The molecule has 12 N–H and O–H groups in total. The molecule has 18 heteroatoms. The molecule has 1 saturated heterocycles. The molecule has 18 nitrogen and oxygen atoms in total. The number of benzene rings is 2. The van der Waals surface area contributed by atoms with E-state index < -0.39 is 65.5 Å². The molecule has 2 aromatic carbocycles. The van der Waals surface area contributed by atoms with Crippen LogP contribution >= 0.6 is 0 Å². The number of hydrogen-bond donors (Lipinski definition) is 10. The van der Waals surface area contributed by atoms with Crippen molar-refractivity contribution in [3.05, 3.63) is 77.9 Å². The lowest BCUT2D eigenvalue weighted by Crippen LogP contribution is -2.65. The maximum atomic E-state index is 14.0. The summed E-state index contributed by atoms with van der Waals surface area (Å²) < 4.78 is 0. The number of carbonyl (C=O) groups excluding carboxylic acids is 6. The number of rotatable bonds is 10. The molecule has 0 saturated carbocycles. The van der Waals surface area contributed by atoms with Crippen LogP contribution in [0.1, 0.15) is 36.8 Å². The number of nitrogens with zero attached hydrogens (tertiary/aromatic N) is 2. The summed E-state index contributed by atoms with van der Waals surface area (Å²) >= 11 is 0. The van der Waals surface area contributed by atoms with Gasteiger partial charge in [0, 0.05) is 32.1 Å². The Balaban J connectivity index is 1.74. The molecule has 6 amide bonds. The Labute approximate surface area is 311 Å². The minimum atomic E-state index is -3.29. The zero-order valence-electron chi connectivity index (χ0n) is 29.5. The van der Waals surface area contributed by atoms with Crippen molar-refractivity contribution in [2.24, 2.45) is 16.5 Å². The average molecular weight is 750 g/mol. The van der Waals surface area contributed by atoms with Crippen molar-refractivity contribution in [3.8, 4) is 5.75 Å². The van der Waals surface area contributed by atoms with E-state index in [-0.39, 0.29) is 69.9 Å². The Kier molecular flexibility index (Phi) is 14.5. The van der Waals surface area contributed by atoms with E-state index in [0.29, 0.717) is 17.5 Å². The van der Waals surface area contributed by atoms with Crippen LogP contribution in [0.4, 0.5) is 0 Å². The monoisotopic (exact) mass is 749 g/mol. The number of hydrogen-bond acceptors (Lipinski definition) is 10. The lowest BCUT2D eigenvalue weighted by atomic mass is 9.98. The quantitative estimate of drug-likeness (QED) is 0.0388. The second-order valence-corrected chi connectivity index (χ2v) is 13.1. The SMILES string of the molecule is NC(N)=NCCC[C@@H]1NC(=O)[C@@H]2CCCN2C(=O)[C@@H](NC=O)CNC(=O)/C=C/[C@H](Cc2ccc(O)cc2)NC(=O)[C@@H](Cc2ccccc2)NC(=O)C1(O)O. The highest BCUT2D eigenvalue weighted by molar-refractivity contribution is 5.94. The molecule has 2 heterocycles. The van der Waals surface area contributed by atoms with Crippen LogP contribution in [-0.4, -0.2) is 118 Å². The Hall–Kier alpha value is -6.01. The number of amides is 6. The minimum absolute atomic E-state index is 0.0133. The van der Waals surface area contributed by atoms with Gasteiger partial charge in [0.2, 0.25) is 30.0 Å². The van der Waals surface area contributed by atoms with E-state index in [1.54, 1.807) is 42.5 Å². The lowest BCUT2D eigenvalue weighted by Gasteiger charge is -2.34. The van der Waals surface area contributed by atoms with Gasteiger partial charge in [-0.3, -0.25) is 33.8 Å². The summed E-state index contributed by atoms with van der Waals surface area (Å²) in [5, 5.41) is 45.3. The molecule has 0 spiro atoms. The molecule has 2 aromatic rings. The maximum absolute atomic E-state index is 14.0. The van der Waals surface area contributed by atoms with Gasteiger partial charge in [-0.15, -0.1) is 0 Å². The first-order valence-corrected chi connectivity index (χ1v) is 17.5. The summed E-state index contributed by atoms with van der Waals surface area (Å²) in [6.45, 7) is -0.211. The van der Waals surface area contributed by atoms with Crippen LogP contribution in [0.15, 0.2) is 71.7 Å². The van der Waals surface area contributed by atoms with Gasteiger partial charge in [-0.2, -0.15) is 0 Å². The summed E-state index contributed by atoms with van der Waals surface area (Å²) in [6.07, 6.45) is 3.29. The van der Waals surface area contributed by atoms with Gasteiger partial charge in [-0.25, -0.2) is 0 Å². The number of carbonyl (C=O) groups is 6. The second kappa shape index (κ2) is 19.2. The lowest BCUT2D eigenvalue weighted by molar-refractivity contribution is -0.198. The Morgan fingerprint density at radius 3 is 2.33 bits per heavy atom. The largest absolute Gasteiger partial charge is 0.508 e. The molecule has 290 valence electrons. The normalized spacial score (nSPS) is 24.6. The van der Waals surface area contributed by atoms with Gasteiger partial charge >= 0.3 is 0 Å². The molecule has 2 aliphatic rings. The fourth-order valence-corrected chi connectivity index (χ4v) is 6.23. The summed E-state index contributed by atoms with van der Waals surface area (Å²) in [4.78, 5) is 84.7.